The molecule has 1 rings (SSSR count). The van der Waals surface area contributed by atoms with E-state index < -0.39 is 0 Å². The van der Waals surface area contributed by atoms with Crippen LogP contribution in [0.5, 0.6) is 0 Å². The average Bonchev–Trinajstić information content (AvgIpc) is 2.72. The molecule has 0 bridgehead atoms. The van der Waals surface area contributed by atoms with E-state index in [1.165, 1.54) is 12.1 Å². The van der Waals surface area contributed by atoms with Gasteiger partial charge in [-0.1, -0.05) is 0 Å². The minimum atomic E-state index is -0.320. The number of aldehydes is 1. The molecule has 0 fully saturated rings. The van der Waals surface area contributed by atoms with Gasteiger partial charge < -0.3 is 14.5 Å². The van der Waals surface area contributed by atoms with Crippen LogP contribution in [0.25, 0.3) is 0 Å². The summed E-state index contributed by atoms with van der Waals surface area (Å²) < 4.78 is 9.77. The van der Waals surface area contributed by atoms with Gasteiger partial charge in [0.05, 0.1) is 0 Å². The normalized spacial score (nSPS) is 9.93. The van der Waals surface area contributed by atoms with Crippen LogP contribution in [-0.2, 0) is 4.74 Å². The van der Waals surface area contributed by atoms with Crippen molar-refractivity contribution >= 4 is 12.2 Å². The molecule has 0 aliphatic rings. The van der Waals surface area contributed by atoms with Gasteiger partial charge in [0, 0.05) is 20.3 Å². The summed E-state index contributed by atoms with van der Waals surface area (Å²) in [4.78, 5) is 21.7. The molecule has 15 heavy (non-hydrogen) atoms. The summed E-state index contributed by atoms with van der Waals surface area (Å²) in [5.74, 6) is -0.0224. The second-order valence-corrected chi connectivity index (χ2v) is 2.92. The molecule has 0 aromatic carbocycles. The largest absolute Gasteiger partial charge is 0.448 e. The Kier molecular flexibility index (Phi) is 4.56. The maximum absolute atomic E-state index is 11.4. The van der Waals surface area contributed by atoms with Crippen molar-refractivity contribution < 1.29 is 18.7 Å². The van der Waals surface area contributed by atoms with Crippen LogP contribution >= 0.6 is 0 Å². The van der Waals surface area contributed by atoms with Crippen molar-refractivity contribution in [1.82, 2.24) is 5.32 Å². The Balaban J connectivity index is 2.36. The number of carbonyl (C=O) groups is 2. The Morgan fingerprint density at radius 3 is 3.00 bits per heavy atom. The number of hydrogen-bond acceptors (Lipinski definition) is 4. The first kappa shape index (κ1) is 11.5. The van der Waals surface area contributed by atoms with Gasteiger partial charge in [0.1, 0.15) is 0 Å². The Hall–Kier alpha value is -1.62. The molecule has 1 heterocycles. The first-order chi connectivity index (χ1) is 7.27. The summed E-state index contributed by atoms with van der Waals surface area (Å²) in [6.07, 6.45) is 1.30. The highest BCUT2D eigenvalue weighted by Gasteiger charge is 2.09. The number of amides is 1. The van der Waals surface area contributed by atoms with Gasteiger partial charge in [-0.05, 0) is 18.6 Å². The minimum Gasteiger partial charge on any atom is -0.448 e. The topological polar surface area (TPSA) is 68.5 Å². The maximum Gasteiger partial charge on any atom is 0.287 e. The number of ether oxygens (including phenoxy) is 1. The molecule has 0 unspecified atom stereocenters. The molecule has 0 radical (unpaired) electrons. The van der Waals surface area contributed by atoms with E-state index in [4.69, 9.17) is 9.15 Å². The zero-order chi connectivity index (χ0) is 11.1. The second kappa shape index (κ2) is 5.98. The van der Waals surface area contributed by atoms with E-state index in [1.807, 2.05) is 0 Å². The lowest BCUT2D eigenvalue weighted by Crippen LogP contribution is -2.24. The van der Waals surface area contributed by atoms with Crippen molar-refractivity contribution in [2.45, 2.75) is 6.42 Å². The highest BCUT2D eigenvalue weighted by atomic mass is 16.5. The van der Waals surface area contributed by atoms with E-state index in [1.54, 1.807) is 7.11 Å². The summed E-state index contributed by atoms with van der Waals surface area (Å²) in [7, 11) is 1.60. The Bertz CT molecular complexity index is 332. The van der Waals surface area contributed by atoms with Crippen LogP contribution in [0.3, 0.4) is 0 Å². The number of furan rings is 1. The molecule has 82 valence electrons. The smallest absolute Gasteiger partial charge is 0.287 e. The Morgan fingerprint density at radius 1 is 1.60 bits per heavy atom. The highest BCUT2D eigenvalue weighted by Crippen LogP contribution is 2.04. The van der Waals surface area contributed by atoms with Gasteiger partial charge >= 0.3 is 0 Å². The van der Waals surface area contributed by atoms with Gasteiger partial charge in [0.25, 0.3) is 5.91 Å². The van der Waals surface area contributed by atoms with Crippen molar-refractivity contribution in [3.63, 3.8) is 0 Å². The van der Waals surface area contributed by atoms with Gasteiger partial charge in [0.15, 0.2) is 17.8 Å². The van der Waals surface area contributed by atoms with E-state index in [0.717, 1.165) is 6.42 Å². The molecule has 0 saturated carbocycles. The van der Waals surface area contributed by atoms with E-state index in [-0.39, 0.29) is 17.4 Å². The average molecular weight is 211 g/mol. The number of rotatable bonds is 6. The fraction of sp³-hybridized carbons (Fsp3) is 0.400. The van der Waals surface area contributed by atoms with Gasteiger partial charge in [-0.15, -0.1) is 0 Å². The summed E-state index contributed by atoms with van der Waals surface area (Å²) in [5, 5.41) is 2.64. The van der Waals surface area contributed by atoms with Crippen LogP contribution < -0.4 is 5.32 Å². The fourth-order valence-electron chi connectivity index (χ4n) is 1.04. The predicted octanol–water partition coefficient (Wildman–Crippen LogP) is 0.858. The SMILES string of the molecule is COCCCNC(=O)c1ccc(C=O)o1. The van der Waals surface area contributed by atoms with Crippen LogP contribution in [0.1, 0.15) is 27.5 Å². The van der Waals surface area contributed by atoms with Crippen LogP contribution in [0.15, 0.2) is 16.5 Å². The zero-order valence-corrected chi connectivity index (χ0v) is 8.49. The molecule has 1 amide bonds. The highest BCUT2D eigenvalue weighted by molar-refractivity contribution is 5.92. The minimum absolute atomic E-state index is 0.148. The van der Waals surface area contributed by atoms with Crippen molar-refractivity contribution in [3.05, 3.63) is 23.7 Å². The number of carbonyl (C=O) groups excluding carboxylic acids is 2. The summed E-state index contributed by atoms with van der Waals surface area (Å²) >= 11 is 0. The van der Waals surface area contributed by atoms with E-state index >= 15 is 0 Å². The summed E-state index contributed by atoms with van der Waals surface area (Å²) in [6.45, 7) is 1.11. The number of hydrogen-bond donors (Lipinski definition) is 1. The summed E-state index contributed by atoms with van der Waals surface area (Å²) in [6, 6.07) is 2.92. The first-order valence-corrected chi connectivity index (χ1v) is 4.60. The third kappa shape index (κ3) is 3.55. The zero-order valence-electron chi connectivity index (χ0n) is 8.49. The third-order valence-electron chi connectivity index (χ3n) is 1.78. The molecular formula is C10H13NO4. The molecule has 5 heteroatoms. The predicted molar refractivity (Wildman–Crippen MR) is 52.9 cm³/mol. The lowest BCUT2D eigenvalue weighted by Gasteiger charge is -2.01. The van der Waals surface area contributed by atoms with Gasteiger partial charge in [0.2, 0.25) is 0 Å². The molecule has 5 nitrogen and oxygen atoms in total. The van der Waals surface area contributed by atoms with Crippen LogP contribution in [0.2, 0.25) is 0 Å². The Morgan fingerprint density at radius 2 is 2.40 bits per heavy atom. The quantitative estimate of drug-likeness (QED) is 0.559. The Labute approximate surface area is 87.4 Å². The van der Waals surface area contributed by atoms with Crippen molar-refractivity contribution in [1.29, 1.82) is 0 Å². The van der Waals surface area contributed by atoms with Crippen molar-refractivity contribution in [2.75, 3.05) is 20.3 Å². The van der Waals surface area contributed by atoms with Gasteiger partial charge in [-0.3, -0.25) is 9.59 Å². The molecule has 1 N–H and O–H groups in total. The van der Waals surface area contributed by atoms with E-state index in [0.29, 0.717) is 19.4 Å². The standard InChI is InChI=1S/C10H13NO4/c1-14-6-2-5-11-10(13)9-4-3-8(7-12)15-9/h3-4,7H,2,5-6H2,1H3,(H,11,13). The van der Waals surface area contributed by atoms with Crippen LogP contribution in [0, 0.1) is 0 Å². The molecule has 1 aromatic heterocycles. The molecule has 0 aliphatic heterocycles. The first-order valence-electron chi connectivity index (χ1n) is 4.60. The van der Waals surface area contributed by atoms with E-state index in [2.05, 4.69) is 5.32 Å². The van der Waals surface area contributed by atoms with E-state index in [9.17, 15) is 9.59 Å². The molecule has 0 atom stereocenters. The molecule has 1 aromatic rings. The number of methoxy groups -OCH3 is 1. The third-order valence-corrected chi connectivity index (χ3v) is 1.78. The monoisotopic (exact) mass is 211 g/mol. The maximum atomic E-state index is 11.4. The second-order valence-electron chi connectivity index (χ2n) is 2.92. The molecule has 0 saturated heterocycles. The van der Waals surface area contributed by atoms with Crippen LogP contribution in [0.4, 0.5) is 0 Å². The molecule has 0 spiro atoms. The summed E-state index contributed by atoms with van der Waals surface area (Å²) in [5.41, 5.74) is 0. The lowest BCUT2D eigenvalue weighted by molar-refractivity contribution is 0.0918. The van der Waals surface area contributed by atoms with Gasteiger partial charge in [-0.2, -0.15) is 0 Å². The van der Waals surface area contributed by atoms with Crippen molar-refractivity contribution in [3.8, 4) is 0 Å². The number of nitrogens with one attached hydrogen (secondary N) is 1. The van der Waals surface area contributed by atoms with Crippen molar-refractivity contribution in [2.24, 2.45) is 0 Å². The molecular weight excluding hydrogens is 198 g/mol. The molecule has 0 aliphatic carbocycles. The van der Waals surface area contributed by atoms with Crippen LogP contribution in [-0.4, -0.2) is 32.5 Å². The van der Waals surface area contributed by atoms with Gasteiger partial charge in [-0.25, -0.2) is 0 Å². The lowest BCUT2D eigenvalue weighted by atomic mass is 10.4. The fourth-order valence-corrected chi connectivity index (χ4v) is 1.04.